The molecule has 1 rings (SSSR count). The lowest BCUT2D eigenvalue weighted by atomic mass is 10.0. The molecule has 5 nitrogen and oxygen atoms in total. The topological polar surface area (TPSA) is 47.9 Å². The van der Waals surface area contributed by atoms with Crippen molar-refractivity contribution in [2.24, 2.45) is 4.99 Å². The van der Waals surface area contributed by atoms with Crippen molar-refractivity contribution < 1.29 is 9.18 Å². The summed E-state index contributed by atoms with van der Waals surface area (Å²) in [5, 5.41) is 3.26. The van der Waals surface area contributed by atoms with Gasteiger partial charge in [-0.15, -0.1) is 0 Å². The molecule has 156 valence electrons. The van der Waals surface area contributed by atoms with Gasteiger partial charge in [0.1, 0.15) is 11.6 Å². The van der Waals surface area contributed by atoms with Crippen molar-refractivity contribution in [3.63, 3.8) is 0 Å². The summed E-state index contributed by atoms with van der Waals surface area (Å²) in [7, 11) is 3.53. The summed E-state index contributed by atoms with van der Waals surface area (Å²) in [4.78, 5) is 20.6. The summed E-state index contributed by atoms with van der Waals surface area (Å²) < 4.78 is 13.2. The molecular formula is C22H35FN4O. The summed E-state index contributed by atoms with van der Waals surface area (Å²) in [6.45, 7) is 12.5. The van der Waals surface area contributed by atoms with Gasteiger partial charge in [-0.25, -0.2) is 14.2 Å². The number of urea groups is 1. The summed E-state index contributed by atoms with van der Waals surface area (Å²) >= 11 is 0. The minimum absolute atomic E-state index is 0.108. The van der Waals surface area contributed by atoms with Crippen molar-refractivity contribution in [2.75, 3.05) is 20.6 Å². The zero-order valence-corrected chi connectivity index (χ0v) is 18.1. The lowest BCUT2D eigenvalue weighted by Gasteiger charge is -2.31. The Labute approximate surface area is 169 Å². The average Bonchev–Trinajstić information content (AvgIpc) is 2.62. The van der Waals surface area contributed by atoms with Crippen LogP contribution < -0.4 is 5.32 Å². The highest BCUT2D eigenvalue weighted by Gasteiger charge is 2.23. The first kappa shape index (κ1) is 23.7. The highest BCUT2D eigenvalue weighted by Crippen LogP contribution is 2.24. The van der Waals surface area contributed by atoms with Gasteiger partial charge in [-0.3, -0.25) is 0 Å². The number of nitrogens with one attached hydrogen (secondary N) is 1. The molecule has 2 amide bonds. The van der Waals surface area contributed by atoms with Crippen LogP contribution in [0, 0.1) is 5.82 Å². The van der Waals surface area contributed by atoms with E-state index < -0.39 is 0 Å². The van der Waals surface area contributed by atoms with Gasteiger partial charge in [-0.2, -0.15) is 0 Å². The maximum absolute atomic E-state index is 13.2. The Morgan fingerprint density at radius 3 is 2.39 bits per heavy atom. The first-order valence-electron chi connectivity index (χ1n) is 9.92. The molecule has 0 saturated heterocycles. The van der Waals surface area contributed by atoms with Crippen molar-refractivity contribution in [2.45, 2.75) is 59.0 Å². The van der Waals surface area contributed by atoms with Crippen LogP contribution in [0.4, 0.5) is 9.18 Å². The fourth-order valence-electron chi connectivity index (χ4n) is 3.32. The highest BCUT2D eigenvalue weighted by atomic mass is 19.1. The van der Waals surface area contributed by atoms with E-state index in [4.69, 9.17) is 0 Å². The molecule has 1 aromatic rings. The molecule has 0 fully saturated rings. The van der Waals surface area contributed by atoms with Gasteiger partial charge >= 0.3 is 6.03 Å². The average molecular weight is 391 g/mol. The number of amides is 2. The predicted molar refractivity (Wildman–Crippen MR) is 115 cm³/mol. The standard InChI is InChI=1S/C22H35FN4O/c1-8-10-16(3)24-18(5)25-17(4)15-26(6)22(28)27(7)21(9-2)19-11-13-20(23)14-12-19/h11-14,16,21,24H,5,8-10,15H2,1-4,6-7H3/b25-17+. The van der Waals surface area contributed by atoms with E-state index in [2.05, 4.69) is 30.7 Å². The monoisotopic (exact) mass is 390 g/mol. The summed E-state index contributed by atoms with van der Waals surface area (Å²) in [5.41, 5.74) is 1.72. The third-order valence-electron chi connectivity index (χ3n) is 4.66. The normalized spacial score (nSPS) is 13.6. The van der Waals surface area contributed by atoms with E-state index in [1.54, 1.807) is 36.0 Å². The SMILES string of the molecule is C=C(/N=C(\C)CN(C)C(=O)N(C)C(CC)c1ccc(F)cc1)NC(C)CCC. The Balaban J connectivity index is 2.72. The van der Waals surface area contributed by atoms with E-state index in [-0.39, 0.29) is 17.9 Å². The molecule has 0 aliphatic heterocycles. The second-order valence-electron chi connectivity index (χ2n) is 7.35. The molecule has 0 aliphatic rings. The Kier molecular flexibility index (Phi) is 9.69. The second kappa shape index (κ2) is 11.5. The number of aliphatic imine (C=N–C) groups is 1. The van der Waals surface area contributed by atoms with E-state index in [0.717, 1.165) is 30.5 Å². The first-order chi connectivity index (χ1) is 13.2. The zero-order chi connectivity index (χ0) is 21.3. The van der Waals surface area contributed by atoms with Gasteiger partial charge in [-0.05, 0) is 44.4 Å². The van der Waals surface area contributed by atoms with Gasteiger partial charge in [-0.1, -0.05) is 39.0 Å². The van der Waals surface area contributed by atoms with E-state index in [9.17, 15) is 9.18 Å². The maximum atomic E-state index is 13.2. The van der Waals surface area contributed by atoms with Crippen LogP contribution in [0.1, 0.15) is 58.6 Å². The number of hydrogen-bond donors (Lipinski definition) is 1. The third-order valence-corrected chi connectivity index (χ3v) is 4.66. The summed E-state index contributed by atoms with van der Waals surface area (Å²) in [6.07, 6.45) is 2.89. The van der Waals surface area contributed by atoms with Crippen LogP contribution in [0.2, 0.25) is 0 Å². The molecule has 1 N–H and O–H groups in total. The molecule has 2 atom stereocenters. The summed E-state index contributed by atoms with van der Waals surface area (Å²) in [5.74, 6) is 0.337. The van der Waals surface area contributed by atoms with Crippen LogP contribution in [0.5, 0.6) is 0 Å². The maximum Gasteiger partial charge on any atom is 0.320 e. The van der Waals surface area contributed by atoms with Crippen LogP contribution in [0.3, 0.4) is 0 Å². The molecule has 0 aromatic heterocycles. The number of nitrogens with zero attached hydrogens (tertiary/aromatic N) is 3. The van der Waals surface area contributed by atoms with Gasteiger partial charge in [0.05, 0.1) is 12.6 Å². The number of carbonyl (C=O) groups excluding carboxylic acids is 1. The zero-order valence-electron chi connectivity index (χ0n) is 18.1. The van der Waals surface area contributed by atoms with E-state index in [0.29, 0.717) is 18.4 Å². The Hall–Kier alpha value is -2.37. The van der Waals surface area contributed by atoms with Crippen molar-refractivity contribution in [3.05, 3.63) is 48.0 Å². The van der Waals surface area contributed by atoms with Crippen molar-refractivity contribution in [3.8, 4) is 0 Å². The van der Waals surface area contributed by atoms with E-state index in [1.165, 1.54) is 12.1 Å². The fraction of sp³-hybridized carbons (Fsp3) is 0.545. The highest BCUT2D eigenvalue weighted by molar-refractivity contribution is 5.88. The van der Waals surface area contributed by atoms with Gasteiger partial charge in [0.25, 0.3) is 0 Å². The molecule has 6 heteroatoms. The third kappa shape index (κ3) is 7.33. The predicted octanol–water partition coefficient (Wildman–Crippen LogP) is 4.97. The lowest BCUT2D eigenvalue weighted by Crippen LogP contribution is -2.42. The first-order valence-corrected chi connectivity index (χ1v) is 9.92. The van der Waals surface area contributed by atoms with Crippen molar-refractivity contribution in [1.82, 2.24) is 15.1 Å². The van der Waals surface area contributed by atoms with E-state index >= 15 is 0 Å². The molecule has 0 heterocycles. The smallest absolute Gasteiger partial charge is 0.320 e. The lowest BCUT2D eigenvalue weighted by molar-refractivity contribution is 0.159. The largest absolute Gasteiger partial charge is 0.368 e. The van der Waals surface area contributed by atoms with Crippen LogP contribution in [-0.2, 0) is 0 Å². The minimum atomic E-state index is -0.279. The number of carbonyl (C=O) groups is 1. The molecule has 0 aliphatic carbocycles. The number of halogens is 1. The molecule has 2 unspecified atom stereocenters. The Morgan fingerprint density at radius 2 is 1.86 bits per heavy atom. The van der Waals surface area contributed by atoms with Crippen molar-refractivity contribution >= 4 is 11.7 Å². The molecule has 28 heavy (non-hydrogen) atoms. The van der Waals surface area contributed by atoms with Gasteiger partial charge in [0, 0.05) is 25.8 Å². The van der Waals surface area contributed by atoms with E-state index in [1.807, 2.05) is 13.8 Å². The molecule has 0 saturated carbocycles. The summed E-state index contributed by atoms with van der Waals surface area (Å²) in [6, 6.07) is 6.41. The number of hydrogen-bond acceptors (Lipinski definition) is 3. The molecule has 0 bridgehead atoms. The van der Waals surface area contributed by atoms with Gasteiger partial charge < -0.3 is 15.1 Å². The van der Waals surface area contributed by atoms with Gasteiger partial charge in [0.2, 0.25) is 0 Å². The molecule has 0 radical (unpaired) electrons. The Morgan fingerprint density at radius 1 is 1.25 bits per heavy atom. The van der Waals surface area contributed by atoms with Crippen LogP contribution in [-0.4, -0.2) is 48.2 Å². The minimum Gasteiger partial charge on any atom is -0.368 e. The van der Waals surface area contributed by atoms with Crippen LogP contribution in [0.25, 0.3) is 0 Å². The number of rotatable bonds is 10. The second-order valence-corrected chi connectivity index (χ2v) is 7.35. The molecule has 0 spiro atoms. The van der Waals surface area contributed by atoms with Crippen molar-refractivity contribution in [1.29, 1.82) is 0 Å². The Bertz CT molecular complexity index is 672. The fourth-order valence-corrected chi connectivity index (χ4v) is 3.32. The molecular weight excluding hydrogens is 355 g/mol. The van der Waals surface area contributed by atoms with Crippen LogP contribution in [0.15, 0.2) is 41.7 Å². The quantitative estimate of drug-likeness (QED) is 0.573. The van der Waals surface area contributed by atoms with Crippen LogP contribution >= 0.6 is 0 Å². The number of benzene rings is 1. The van der Waals surface area contributed by atoms with Gasteiger partial charge in [0.15, 0.2) is 0 Å². The molecule has 1 aromatic carbocycles.